The molecule has 3 rings (SSSR count). The number of rotatable bonds is 5. The summed E-state index contributed by atoms with van der Waals surface area (Å²) in [5.74, 6) is 0.887. The molecule has 0 aliphatic heterocycles. The second-order valence-electron chi connectivity index (χ2n) is 4.63. The Bertz CT molecular complexity index is 740. The fourth-order valence-electron chi connectivity index (χ4n) is 1.93. The summed E-state index contributed by atoms with van der Waals surface area (Å²) in [6.07, 6.45) is 1.01. The predicted molar refractivity (Wildman–Crippen MR) is 90.1 cm³/mol. The highest BCUT2D eigenvalue weighted by molar-refractivity contribution is 7.22. The van der Waals surface area contributed by atoms with Crippen molar-refractivity contribution >= 4 is 44.0 Å². The summed E-state index contributed by atoms with van der Waals surface area (Å²) in [4.78, 5) is 4.53. The average molecular weight is 319 g/mol. The molecule has 0 bridgehead atoms. The van der Waals surface area contributed by atoms with E-state index in [1.165, 1.54) is 0 Å². The molecule has 3 aromatic rings. The number of nitrogens with zero attached hydrogens (tertiary/aromatic N) is 1. The van der Waals surface area contributed by atoms with Crippen molar-refractivity contribution in [2.75, 3.05) is 11.9 Å². The number of fused-ring (bicyclic) bond motifs is 1. The minimum Gasteiger partial charge on any atom is -0.494 e. The molecule has 0 fully saturated rings. The van der Waals surface area contributed by atoms with E-state index in [-0.39, 0.29) is 0 Å². The Balaban J connectivity index is 1.75. The van der Waals surface area contributed by atoms with E-state index in [0.717, 1.165) is 39.8 Å². The van der Waals surface area contributed by atoms with Gasteiger partial charge >= 0.3 is 0 Å². The summed E-state index contributed by atoms with van der Waals surface area (Å²) in [5, 5.41) is 4.87. The van der Waals surface area contributed by atoms with Crippen molar-refractivity contribution in [2.45, 2.75) is 13.3 Å². The van der Waals surface area contributed by atoms with Crippen molar-refractivity contribution < 1.29 is 4.74 Å². The predicted octanol–water partition coefficient (Wildman–Crippen LogP) is 5.48. The summed E-state index contributed by atoms with van der Waals surface area (Å²) >= 11 is 7.58. The highest BCUT2D eigenvalue weighted by Gasteiger charge is 2.05. The Morgan fingerprint density at radius 1 is 1.19 bits per heavy atom. The number of hydrogen-bond acceptors (Lipinski definition) is 4. The van der Waals surface area contributed by atoms with Gasteiger partial charge in [0.1, 0.15) is 5.75 Å². The van der Waals surface area contributed by atoms with E-state index in [4.69, 9.17) is 16.3 Å². The quantitative estimate of drug-likeness (QED) is 0.676. The molecule has 1 heterocycles. The SMILES string of the molecule is CCCOc1ccc(Nc2nc3cc(Cl)ccc3s2)cc1. The van der Waals surface area contributed by atoms with E-state index in [1.807, 2.05) is 42.5 Å². The Labute approximate surface area is 132 Å². The maximum Gasteiger partial charge on any atom is 0.188 e. The van der Waals surface area contributed by atoms with Gasteiger partial charge in [-0.05, 0) is 48.9 Å². The molecule has 1 N–H and O–H groups in total. The van der Waals surface area contributed by atoms with Crippen molar-refractivity contribution in [1.82, 2.24) is 4.98 Å². The fraction of sp³-hybridized carbons (Fsp3) is 0.188. The lowest BCUT2D eigenvalue weighted by molar-refractivity contribution is 0.317. The first-order chi connectivity index (χ1) is 10.2. The first-order valence-electron chi connectivity index (χ1n) is 6.80. The molecule has 3 nitrogen and oxygen atoms in total. The van der Waals surface area contributed by atoms with Crippen LogP contribution < -0.4 is 10.1 Å². The van der Waals surface area contributed by atoms with Crippen LogP contribution in [0.1, 0.15) is 13.3 Å². The molecule has 0 aliphatic rings. The van der Waals surface area contributed by atoms with Gasteiger partial charge in [-0.15, -0.1) is 0 Å². The lowest BCUT2D eigenvalue weighted by Gasteiger charge is -2.06. The summed E-state index contributed by atoms with van der Waals surface area (Å²) in [5.41, 5.74) is 1.90. The number of ether oxygens (including phenoxy) is 1. The molecule has 0 radical (unpaired) electrons. The molecule has 0 atom stereocenters. The molecule has 1 aromatic heterocycles. The maximum absolute atomic E-state index is 5.98. The lowest BCUT2D eigenvalue weighted by Crippen LogP contribution is -1.95. The number of hydrogen-bond donors (Lipinski definition) is 1. The zero-order chi connectivity index (χ0) is 14.7. The first kappa shape index (κ1) is 14.2. The monoisotopic (exact) mass is 318 g/mol. The number of aromatic nitrogens is 1. The van der Waals surface area contributed by atoms with Crippen molar-refractivity contribution in [3.05, 3.63) is 47.5 Å². The average Bonchev–Trinajstić information content (AvgIpc) is 2.88. The zero-order valence-corrected chi connectivity index (χ0v) is 13.2. The topological polar surface area (TPSA) is 34.1 Å². The third-order valence-electron chi connectivity index (χ3n) is 2.93. The first-order valence-corrected chi connectivity index (χ1v) is 8.00. The summed E-state index contributed by atoms with van der Waals surface area (Å²) < 4.78 is 6.68. The van der Waals surface area contributed by atoms with Crippen LogP contribution in [0.15, 0.2) is 42.5 Å². The summed E-state index contributed by atoms with van der Waals surface area (Å²) in [7, 11) is 0. The zero-order valence-electron chi connectivity index (χ0n) is 11.6. The van der Waals surface area contributed by atoms with E-state index in [0.29, 0.717) is 5.02 Å². The third-order valence-corrected chi connectivity index (χ3v) is 4.11. The van der Waals surface area contributed by atoms with E-state index in [9.17, 15) is 0 Å². The Kier molecular flexibility index (Phi) is 4.27. The molecule has 2 aromatic carbocycles. The van der Waals surface area contributed by atoms with Crippen LogP contribution in [0.2, 0.25) is 5.02 Å². The van der Waals surface area contributed by atoms with E-state index < -0.39 is 0 Å². The number of halogens is 1. The molecule has 108 valence electrons. The molecule has 5 heteroatoms. The Morgan fingerprint density at radius 3 is 2.76 bits per heavy atom. The summed E-state index contributed by atoms with van der Waals surface area (Å²) in [6, 6.07) is 13.6. The van der Waals surface area contributed by atoms with Crippen LogP contribution in [0.25, 0.3) is 10.2 Å². The van der Waals surface area contributed by atoms with Crippen molar-refractivity contribution in [1.29, 1.82) is 0 Å². The lowest BCUT2D eigenvalue weighted by atomic mass is 10.3. The van der Waals surface area contributed by atoms with Crippen LogP contribution in [0.3, 0.4) is 0 Å². The number of anilines is 2. The standard InChI is InChI=1S/C16H15ClN2OS/c1-2-9-20-13-6-4-12(5-7-13)18-16-19-14-10-11(17)3-8-15(14)21-16/h3-8,10H,2,9H2,1H3,(H,18,19). The molecule has 0 spiro atoms. The smallest absolute Gasteiger partial charge is 0.188 e. The molecule has 0 saturated heterocycles. The fourth-order valence-corrected chi connectivity index (χ4v) is 2.96. The molecule has 0 amide bonds. The molecule has 0 saturated carbocycles. The highest BCUT2D eigenvalue weighted by atomic mass is 35.5. The second-order valence-corrected chi connectivity index (χ2v) is 6.10. The molecular weight excluding hydrogens is 304 g/mol. The van der Waals surface area contributed by atoms with Gasteiger partial charge in [0.15, 0.2) is 5.13 Å². The Morgan fingerprint density at radius 2 is 2.00 bits per heavy atom. The normalized spacial score (nSPS) is 10.8. The molecular formula is C16H15ClN2OS. The van der Waals surface area contributed by atoms with Crippen molar-refractivity contribution in [3.8, 4) is 5.75 Å². The van der Waals surface area contributed by atoms with Gasteiger partial charge in [-0.2, -0.15) is 0 Å². The van der Waals surface area contributed by atoms with Crippen LogP contribution in [0, 0.1) is 0 Å². The summed E-state index contributed by atoms with van der Waals surface area (Å²) in [6.45, 7) is 2.83. The number of benzene rings is 2. The highest BCUT2D eigenvalue weighted by Crippen LogP contribution is 2.30. The van der Waals surface area contributed by atoms with E-state index in [1.54, 1.807) is 11.3 Å². The van der Waals surface area contributed by atoms with Gasteiger partial charge in [0, 0.05) is 10.7 Å². The minimum absolute atomic E-state index is 0.705. The van der Waals surface area contributed by atoms with Gasteiger partial charge in [0.2, 0.25) is 0 Å². The van der Waals surface area contributed by atoms with Crippen LogP contribution >= 0.6 is 22.9 Å². The molecule has 0 unspecified atom stereocenters. The van der Waals surface area contributed by atoms with E-state index in [2.05, 4.69) is 17.2 Å². The van der Waals surface area contributed by atoms with Gasteiger partial charge < -0.3 is 10.1 Å². The van der Waals surface area contributed by atoms with Crippen LogP contribution in [0.4, 0.5) is 10.8 Å². The van der Waals surface area contributed by atoms with Gasteiger partial charge in [-0.1, -0.05) is 29.9 Å². The molecule has 0 aliphatic carbocycles. The van der Waals surface area contributed by atoms with Gasteiger partial charge in [-0.25, -0.2) is 4.98 Å². The van der Waals surface area contributed by atoms with Crippen LogP contribution in [-0.2, 0) is 0 Å². The van der Waals surface area contributed by atoms with Gasteiger partial charge in [0.05, 0.1) is 16.8 Å². The van der Waals surface area contributed by atoms with Crippen LogP contribution in [0.5, 0.6) is 5.75 Å². The van der Waals surface area contributed by atoms with Crippen molar-refractivity contribution in [3.63, 3.8) is 0 Å². The van der Waals surface area contributed by atoms with Crippen LogP contribution in [-0.4, -0.2) is 11.6 Å². The minimum atomic E-state index is 0.705. The van der Waals surface area contributed by atoms with Gasteiger partial charge in [0.25, 0.3) is 0 Å². The van der Waals surface area contributed by atoms with Gasteiger partial charge in [-0.3, -0.25) is 0 Å². The number of thiazole rings is 1. The maximum atomic E-state index is 5.98. The largest absolute Gasteiger partial charge is 0.494 e. The third kappa shape index (κ3) is 3.46. The Hall–Kier alpha value is -1.78. The second kappa shape index (κ2) is 6.33. The molecule has 21 heavy (non-hydrogen) atoms. The van der Waals surface area contributed by atoms with E-state index >= 15 is 0 Å². The van der Waals surface area contributed by atoms with Crippen molar-refractivity contribution in [2.24, 2.45) is 0 Å². The number of nitrogens with one attached hydrogen (secondary N) is 1.